The molecule has 0 unspecified atom stereocenters. The van der Waals surface area contributed by atoms with Crippen molar-refractivity contribution in [1.82, 2.24) is 14.7 Å². The predicted octanol–water partition coefficient (Wildman–Crippen LogP) is 2.97. The Morgan fingerprint density at radius 3 is 2.72 bits per heavy atom. The Morgan fingerprint density at radius 1 is 1.12 bits per heavy atom. The van der Waals surface area contributed by atoms with Crippen LogP contribution in [0.3, 0.4) is 0 Å². The van der Waals surface area contributed by atoms with Crippen LogP contribution in [0.15, 0.2) is 59.5 Å². The summed E-state index contributed by atoms with van der Waals surface area (Å²) in [6.07, 6.45) is 3.51. The Bertz CT molecular complexity index is 951. The zero-order chi connectivity index (χ0) is 17.2. The minimum Gasteiger partial charge on any atom is -0.297 e. The van der Waals surface area contributed by atoms with Gasteiger partial charge in [0.05, 0.1) is 5.69 Å². The molecule has 4 nitrogen and oxygen atoms in total. The number of halogens is 1. The fourth-order valence-electron chi connectivity index (χ4n) is 3.36. The van der Waals surface area contributed by atoms with Gasteiger partial charge in [0.15, 0.2) is 0 Å². The van der Waals surface area contributed by atoms with E-state index in [1.165, 1.54) is 16.3 Å². The monoisotopic (exact) mass is 337 g/mol. The maximum absolute atomic E-state index is 12.8. The van der Waals surface area contributed by atoms with Gasteiger partial charge in [-0.3, -0.25) is 9.69 Å². The van der Waals surface area contributed by atoms with Crippen LogP contribution in [0.25, 0.3) is 16.5 Å². The van der Waals surface area contributed by atoms with Crippen molar-refractivity contribution in [3.8, 4) is 5.69 Å². The van der Waals surface area contributed by atoms with Gasteiger partial charge in [0.2, 0.25) is 0 Å². The van der Waals surface area contributed by atoms with E-state index in [4.69, 9.17) is 0 Å². The van der Waals surface area contributed by atoms with Crippen LogP contribution in [-0.2, 0) is 6.42 Å². The average molecular weight is 337 g/mol. The lowest BCUT2D eigenvalue weighted by Crippen LogP contribution is -2.49. The summed E-state index contributed by atoms with van der Waals surface area (Å²) in [5.74, 6) is 0. The maximum atomic E-state index is 12.8. The molecular weight excluding hydrogens is 317 g/mol. The normalized spacial score (nSPS) is 17.6. The fourth-order valence-corrected chi connectivity index (χ4v) is 3.36. The van der Waals surface area contributed by atoms with Crippen molar-refractivity contribution in [2.24, 2.45) is 0 Å². The van der Waals surface area contributed by atoms with Crippen molar-refractivity contribution in [2.45, 2.75) is 18.9 Å². The fraction of sp³-hybridized carbons (Fsp3) is 0.300. The van der Waals surface area contributed by atoms with Gasteiger partial charge in [-0.15, -0.1) is 0 Å². The molecule has 1 saturated heterocycles. The molecule has 0 N–H and O–H groups in total. The molecular formula is C20H20FN3O. The number of fused-ring (bicyclic) bond motifs is 1. The van der Waals surface area contributed by atoms with Crippen LogP contribution in [0, 0.1) is 0 Å². The molecule has 1 aliphatic heterocycles. The first-order valence-corrected chi connectivity index (χ1v) is 8.62. The van der Waals surface area contributed by atoms with Crippen LogP contribution in [0.2, 0.25) is 0 Å². The van der Waals surface area contributed by atoms with Crippen molar-refractivity contribution >= 4 is 10.8 Å². The standard InChI is InChI=1S/C20H20FN3O/c21-14-19-8-11-23(19)10-7-15-3-4-17-13-18(6-5-16(17)12-15)24-20(25)2-1-9-22-24/h1-6,9,12-13,19H,7-8,10-11,14H2/t19-/m0/s1. The van der Waals surface area contributed by atoms with E-state index in [0.29, 0.717) is 0 Å². The lowest BCUT2D eigenvalue weighted by Gasteiger charge is -2.39. The molecule has 2 aromatic carbocycles. The van der Waals surface area contributed by atoms with E-state index in [1.807, 2.05) is 18.2 Å². The van der Waals surface area contributed by atoms with E-state index < -0.39 is 0 Å². The van der Waals surface area contributed by atoms with Crippen molar-refractivity contribution in [3.05, 3.63) is 70.6 Å². The summed E-state index contributed by atoms with van der Waals surface area (Å²) < 4.78 is 14.2. The summed E-state index contributed by atoms with van der Waals surface area (Å²) in [5, 5.41) is 6.33. The average Bonchev–Trinajstić information content (AvgIpc) is 2.61. The van der Waals surface area contributed by atoms with Crippen LogP contribution in [-0.4, -0.2) is 40.5 Å². The second kappa shape index (κ2) is 6.76. The number of nitrogens with zero attached hydrogens (tertiary/aromatic N) is 3. The van der Waals surface area contributed by atoms with E-state index in [9.17, 15) is 9.18 Å². The van der Waals surface area contributed by atoms with Gasteiger partial charge in [-0.25, -0.2) is 4.39 Å². The molecule has 1 atom stereocenters. The van der Waals surface area contributed by atoms with E-state index in [-0.39, 0.29) is 18.3 Å². The van der Waals surface area contributed by atoms with E-state index in [0.717, 1.165) is 42.4 Å². The molecule has 1 fully saturated rings. The largest absolute Gasteiger partial charge is 0.297 e. The zero-order valence-corrected chi connectivity index (χ0v) is 13.9. The molecule has 0 aliphatic carbocycles. The lowest BCUT2D eigenvalue weighted by atomic mass is 10.0. The van der Waals surface area contributed by atoms with E-state index >= 15 is 0 Å². The molecule has 0 saturated carbocycles. The minimum atomic E-state index is -0.243. The summed E-state index contributed by atoms with van der Waals surface area (Å²) in [6, 6.07) is 15.5. The van der Waals surface area contributed by atoms with E-state index in [1.54, 1.807) is 12.3 Å². The molecule has 0 bridgehead atoms. The lowest BCUT2D eigenvalue weighted by molar-refractivity contribution is 0.0713. The van der Waals surface area contributed by atoms with Crippen LogP contribution < -0.4 is 5.56 Å². The molecule has 25 heavy (non-hydrogen) atoms. The number of rotatable bonds is 5. The van der Waals surface area contributed by atoms with E-state index in [2.05, 4.69) is 28.2 Å². The number of hydrogen-bond acceptors (Lipinski definition) is 3. The third-order valence-corrected chi connectivity index (χ3v) is 4.98. The molecule has 3 aromatic rings. The Morgan fingerprint density at radius 2 is 1.96 bits per heavy atom. The highest BCUT2D eigenvalue weighted by Gasteiger charge is 2.26. The minimum absolute atomic E-state index is 0.125. The van der Waals surface area contributed by atoms with Gasteiger partial charge in [0, 0.05) is 31.4 Å². The van der Waals surface area contributed by atoms with Gasteiger partial charge in [0.1, 0.15) is 6.67 Å². The topological polar surface area (TPSA) is 38.1 Å². The van der Waals surface area contributed by atoms with Crippen molar-refractivity contribution in [3.63, 3.8) is 0 Å². The quantitative estimate of drug-likeness (QED) is 0.718. The van der Waals surface area contributed by atoms with Gasteiger partial charge in [0.25, 0.3) is 5.56 Å². The van der Waals surface area contributed by atoms with Crippen LogP contribution in [0.1, 0.15) is 12.0 Å². The van der Waals surface area contributed by atoms with Gasteiger partial charge in [-0.05, 0) is 47.4 Å². The smallest absolute Gasteiger partial charge is 0.271 e. The van der Waals surface area contributed by atoms with Gasteiger partial charge < -0.3 is 0 Å². The highest BCUT2D eigenvalue weighted by atomic mass is 19.1. The SMILES string of the molecule is O=c1cccnn1-c1ccc2cc(CCN3CC[C@H]3CF)ccc2c1. The van der Waals surface area contributed by atoms with Gasteiger partial charge in [-0.1, -0.05) is 24.3 Å². The number of hydrogen-bond donors (Lipinski definition) is 0. The van der Waals surface area contributed by atoms with Crippen molar-refractivity contribution in [2.75, 3.05) is 19.8 Å². The molecule has 128 valence electrons. The first-order valence-electron chi connectivity index (χ1n) is 8.62. The zero-order valence-electron chi connectivity index (χ0n) is 13.9. The number of aromatic nitrogens is 2. The third kappa shape index (κ3) is 3.20. The van der Waals surface area contributed by atoms with Crippen LogP contribution in [0.4, 0.5) is 4.39 Å². The third-order valence-electron chi connectivity index (χ3n) is 4.98. The summed E-state index contributed by atoms with van der Waals surface area (Å²) in [4.78, 5) is 14.1. The summed E-state index contributed by atoms with van der Waals surface area (Å²) >= 11 is 0. The molecule has 0 amide bonds. The Balaban J connectivity index is 1.55. The number of alkyl halides is 1. The Kier molecular flexibility index (Phi) is 4.32. The van der Waals surface area contributed by atoms with Gasteiger partial charge in [-0.2, -0.15) is 9.78 Å². The van der Waals surface area contributed by atoms with Crippen molar-refractivity contribution in [1.29, 1.82) is 0 Å². The Labute approximate surface area is 145 Å². The molecule has 2 heterocycles. The summed E-state index contributed by atoms with van der Waals surface area (Å²) in [6.45, 7) is 1.67. The van der Waals surface area contributed by atoms with Gasteiger partial charge >= 0.3 is 0 Å². The molecule has 0 radical (unpaired) electrons. The number of likely N-dealkylation sites (tertiary alicyclic amines) is 1. The second-order valence-electron chi connectivity index (χ2n) is 6.52. The molecule has 1 aliphatic rings. The molecule has 0 spiro atoms. The maximum Gasteiger partial charge on any atom is 0.271 e. The first-order chi connectivity index (χ1) is 12.2. The molecule has 4 rings (SSSR count). The predicted molar refractivity (Wildman–Crippen MR) is 97.0 cm³/mol. The Hall–Kier alpha value is -2.53. The number of benzene rings is 2. The van der Waals surface area contributed by atoms with Crippen LogP contribution >= 0.6 is 0 Å². The highest BCUT2D eigenvalue weighted by Crippen LogP contribution is 2.21. The van der Waals surface area contributed by atoms with Crippen molar-refractivity contribution < 1.29 is 4.39 Å². The highest BCUT2D eigenvalue weighted by molar-refractivity contribution is 5.85. The first kappa shape index (κ1) is 16.0. The summed E-state index contributed by atoms with van der Waals surface area (Å²) in [7, 11) is 0. The second-order valence-corrected chi connectivity index (χ2v) is 6.52. The summed E-state index contributed by atoms with van der Waals surface area (Å²) in [5.41, 5.74) is 1.87. The molecule has 5 heteroatoms. The van der Waals surface area contributed by atoms with Crippen LogP contribution in [0.5, 0.6) is 0 Å². The molecule has 1 aromatic heterocycles.